The van der Waals surface area contributed by atoms with Crippen LogP contribution in [0.4, 0.5) is 5.69 Å². The van der Waals surface area contributed by atoms with Crippen molar-refractivity contribution in [1.29, 1.82) is 0 Å². The summed E-state index contributed by atoms with van der Waals surface area (Å²) in [5.74, 6) is -0.528. The monoisotopic (exact) mass is 489 g/mol. The maximum Gasteiger partial charge on any atom is 0.257 e. The number of nitrogens with one attached hydrogen (secondary N) is 2. The van der Waals surface area contributed by atoms with E-state index < -0.39 is 0 Å². The van der Waals surface area contributed by atoms with E-state index >= 15 is 0 Å². The molecule has 0 saturated heterocycles. The standard InChI is InChI=1S/C27H21Cl2N3O2/c1-17(31-32-26(33)15-20-7-4-6-19-5-2-3-8-23(19)20)18-9-12-22(13-10-18)30-27(34)24-14-11-21(28)16-25(24)29/h2-14,16H,15H2,1H3,(H,30,34)(H,32,33)/b31-17-. The second-order valence-corrected chi connectivity index (χ2v) is 8.55. The predicted molar refractivity (Wildman–Crippen MR) is 139 cm³/mol. The first-order chi connectivity index (χ1) is 16.4. The predicted octanol–water partition coefficient (Wildman–Crippen LogP) is 6.48. The van der Waals surface area contributed by atoms with Crippen molar-refractivity contribution in [3.63, 3.8) is 0 Å². The number of carbonyl (C=O) groups is 2. The van der Waals surface area contributed by atoms with E-state index in [0.29, 0.717) is 22.0 Å². The van der Waals surface area contributed by atoms with E-state index in [2.05, 4.69) is 15.8 Å². The Balaban J connectivity index is 1.38. The number of hydrazone groups is 1. The highest BCUT2D eigenvalue weighted by molar-refractivity contribution is 6.37. The lowest BCUT2D eigenvalue weighted by atomic mass is 10.0. The Hall–Kier alpha value is -3.67. The third kappa shape index (κ3) is 5.63. The Morgan fingerprint density at radius 1 is 0.882 bits per heavy atom. The van der Waals surface area contributed by atoms with E-state index in [-0.39, 0.29) is 23.3 Å². The number of anilines is 1. The lowest BCUT2D eigenvalue weighted by molar-refractivity contribution is -0.120. The number of amides is 2. The summed E-state index contributed by atoms with van der Waals surface area (Å²) in [4.78, 5) is 24.9. The molecule has 34 heavy (non-hydrogen) atoms. The maximum absolute atomic E-state index is 12.5. The van der Waals surface area contributed by atoms with Gasteiger partial charge < -0.3 is 5.32 Å². The number of hydrogen-bond donors (Lipinski definition) is 2. The number of hydrogen-bond acceptors (Lipinski definition) is 3. The summed E-state index contributed by atoms with van der Waals surface area (Å²) < 4.78 is 0. The van der Waals surface area contributed by atoms with E-state index in [1.807, 2.05) is 54.6 Å². The molecule has 2 N–H and O–H groups in total. The molecule has 0 fully saturated rings. The molecule has 0 saturated carbocycles. The average Bonchev–Trinajstić information content (AvgIpc) is 2.83. The van der Waals surface area contributed by atoms with Gasteiger partial charge in [-0.1, -0.05) is 77.8 Å². The van der Waals surface area contributed by atoms with Crippen LogP contribution in [0.2, 0.25) is 10.0 Å². The van der Waals surface area contributed by atoms with Crippen molar-refractivity contribution in [3.05, 3.63) is 112 Å². The molecule has 4 aromatic carbocycles. The third-order valence-corrected chi connectivity index (χ3v) is 5.86. The lowest BCUT2D eigenvalue weighted by Crippen LogP contribution is -2.21. The summed E-state index contributed by atoms with van der Waals surface area (Å²) in [5.41, 5.74) is 5.97. The molecule has 0 unspecified atom stereocenters. The fourth-order valence-electron chi connectivity index (χ4n) is 3.54. The quantitative estimate of drug-likeness (QED) is 0.240. The van der Waals surface area contributed by atoms with E-state index in [0.717, 1.165) is 21.9 Å². The van der Waals surface area contributed by atoms with Crippen molar-refractivity contribution >= 4 is 57.2 Å². The van der Waals surface area contributed by atoms with Crippen LogP contribution in [0.3, 0.4) is 0 Å². The topological polar surface area (TPSA) is 70.6 Å². The molecular formula is C27H21Cl2N3O2. The molecule has 4 rings (SSSR count). The Kier molecular flexibility index (Phi) is 7.26. The number of fused-ring (bicyclic) bond motifs is 1. The first-order valence-electron chi connectivity index (χ1n) is 10.6. The highest BCUT2D eigenvalue weighted by Crippen LogP contribution is 2.22. The van der Waals surface area contributed by atoms with Crippen LogP contribution in [0.25, 0.3) is 10.8 Å². The maximum atomic E-state index is 12.5. The Morgan fingerprint density at radius 2 is 1.62 bits per heavy atom. The van der Waals surface area contributed by atoms with Crippen LogP contribution in [0.1, 0.15) is 28.4 Å². The molecular weight excluding hydrogens is 469 g/mol. The first kappa shape index (κ1) is 23.5. The van der Waals surface area contributed by atoms with Crippen molar-refractivity contribution in [1.82, 2.24) is 5.43 Å². The number of nitrogens with zero attached hydrogens (tertiary/aromatic N) is 1. The van der Waals surface area contributed by atoms with Crippen LogP contribution in [-0.2, 0) is 11.2 Å². The largest absolute Gasteiger partial charge is 0.322 e. The van der Waals surface area contributed by atoms with Crippen molar-refractivity contribution in [2.45, 2.75) is 13.3 Å². The van der Waals surface area contributed by atoms with Crippen LogP contribution in [0.5, 0.6) is 0 Å². The van der Waals surface area contributed by atoms with E-state index in [1.54, 1.807) is 31.2 Å². The Bertz CT molecular complexity index is 1390. The molecule has 0 atom stereocenters. The lowest BCUT2D eigenvalue weighted by Gasteiger charge is -2.09. The summed E-state index contributed by atoms with van der Waals surface area (Å²) in [5, 5.41) is 9.92. The summed E-state index contributed by atoms with van der Waals surface area (Å²) in [6.07, 6.45) is 0.233. The molecule has 2 amide bonds. The van der Waals surface area contributed by atoms with Crippen LogP contribution >= 0.6 is 23.2 Å². The van der Waals surface area contributed by atoms with E-state index in [1.165, 1.54) is 6.07 Å². The van der Waals surface area contributed by atoms with Gasteiger partial charge in [0.05, 0.1) is 22.7 Å². The zero-order chi connectivity index (χ0) is 24.1. The molecule has 0 spiro atoms. The third-order valence-electron chi connectivity index (χ3n) is 5.32. The first-order valence-corrected chi connectivity index (χ1v) is 11.3. The second kappa shape index (κ2) is 10.5. The normalized spacial score (nSPS) is 11.3. The molecule has 0 aliphatic rings. The molecule has 170 valence electrons. The average molecular weight is 490 g/mol. The van der Waals surface area contributed by atoms with Crippen LogP contribution in [0, 0.1) is 0 Å². The SMILES string of the molecule is C/C(=N/NC(=O)Cc1cccc2ccccc12)c1ccc(NC(=O)c2ccc(Cl)cc2Cl)cc1. The summed E-state index contributed by atoms with van der Waals surface area (Å²) in [7, 11) is 0. The zero-order valence-electron chi connectivity index (χ0n) is 18.3. The van der Waals surface area contributed by atoms with Gasteiger partial charge in [0.25, 0.3) is 5.91 Å². The molecule has 5 nitrogen and oxygen atoms in total. The molecule has 0 heterocycles. The van der Waals surface area contributed by atoms with Crippen LogP contribution < -0.4 is 10.7 Å². The molecule has 0 bridgehead atoms. The van der Waals surface area contributed by atoms with Gasteiger partial charge in [-0.3, -0.25) is 9.59 Å². The van der Waals surface area contributed by atoms with Gasteiger partial charge in [-0.25, -0.2) is 5.43 Å². The summed E-state index contributed by atoms with van der Waals surface area (Å²) in [6, 6.07) is 25.7. The van der Waals surface area contributed by atoms with Crippen molar-refractivity contribution in [2.24, 2.45) is 5.10 Å². The van der Waals surface area contributed by atoms with Gasteiger partial charge in [0.15, 0.2) is 0 Å². The smallest absolute Gasteiger partial charge is 0.257 e. The van der Waals surface area contributed by atoms with E-state index in [4.69, 9.17) is 23.2 Å². The van der Waals surface area contributed by atoms with Crippen molar-refractivity contribution in [3.8, 4) is 0 Å². The van der Waals surface area contributed by atoms with Gasteiger partial charge in [-0.15, -0.1) is 0 Å². The Morgan fingerprint density at radius 3 is 2.38 bits per heavy atom. The zero-order valence-corrected chi connectivity index (χ0v) is 19.8. The van der Waals surface area contributed by atoms with Gasteiger partial charge in [0, 0.05) is 10.7 Å². The number of carbonyl (C=O) groups excluding carboxylic acids is 2. The molecule has 7 heteroatoms. The molecule has 0 aliphatic carbocycles. The number of halogens is 2. The highest BCUT2D eigenvalue weighted by Gasteiger charge is 2.11. The summed E-state index contributed by atoms with van der Waals surface area (Å²) in [6.45, 7) is 1.80. The van der Waals surface area contributed by atoms with Gasteiger partial charge >= 0.3 is 0 Å². The van der Waals surface area contributed by atoms with Gasteiger partial charge in [0.2, 0.25) is 5.91 Å². The summed E-state index contributed by atoms with van der Waals surface area (Å²) >= 11 is 12.0. The number of rotatable bonds is 6. The van der Waals surface area contributed by atoms with Crippen molar-refractivity contribution < 1.29 is 9.59 Å². The van der Waals surface area contributed by atoms with Gasteiger partial charge in [-0.2, -0.15) is 5.10 Å². The Labute approximate surface area is 207 Å². The number of benzene rings is 4. The van der Waals surface area contributed by atoms with Crippen molar-refractivity contribution in [2.75, 3.05) is 5.32 Å². The fourth-order valence-corrected chi connectivity index (χ4v) is 4.03. The fraction of sp³-hybridized carbons (Fsp3) is 0.0741. The van der Waals surface area contributed by atoms with Gasteiger partial charge in [0.1, 0.15) is 0 Å². The molecule has 0 aliphatic heterocycles. The second-order valence-electron chi connectivity index (χ2n) is 7.70. The minimum absolute atomic E-state index is 0.195. The van der Waals surface area contributed by atoms with E-state index in [9.17, 15) is 9.59 Å². The minimum Gasteiger partial charge on any atom is -0.322 e. The van der Waals surface area contributed by atoms with Gasteiger partial charge in [-0.05, 0) is 59.2 Å². The highest BCUT2D eigenvalue weighted by atomic mass is 35.5. The van der Waals surface area contributed by atoms with Crippen LogP contribution in [-0.4, -0.2) is 17.5 Å². The van der Waals surface area contributed by atoms with Crippen LogP contribution in [0.15, 0.2) is 90.0 Å². The molecule has 0 aromatic heterocycles. The molecule has 4 aromatic rings. The minimum atomic E-state index is -0.333. The molecule has 0 radical (unpaired) electrons.